The van der Waals surface area contributed by atoms with Crippen LogP contribution in [0.25, 0.3) is 0 Å². The van der Waals surface area contributed by atoms with E-state index in [1.54, 1.807) is 24.3 Å². The lowest BCUT2D eigenvalue weighted by Crippen LogP contribution is -2.23. The molecule has 138 valence electrons. The Labute approximate surface area is 149 Å². The first-order chi connectivity index (χ1) is 12.4. The van der Waals surface area contributed by atoms with Crippen LogP contribution in [0.2, 0.25) is 0 Å². The largest absolute Gasteiger partial charge is 0.493 e. The molecular weight excluding hydrogens is 346 g/mol. The van der Waals surface area contributed by atoms with Gasteiger partial charge in [0.15, 0.2) is 11.5 Å². The topological polar surface area (TPSA) is 76.7 Å². The van der Waals surface area contributed by atoms with Crippen LogP contribution >= 0.6 is 0 Å². The lowest BCUT2D eigenvalue weighted by atomic mass is 10.1. The van der Waals surface area contributed by atoms with Crippen molar-refractivity contribution in [1.29, 1.82) is 0 Å². The van der Waals surface area contributed by atoms with E-state index < -0.39 is 12.5 Å². The number of carbonyl (C=O) groups excluding carboxylic acids is 2. The Bertz CT molecular complexity index is 797. The Kier molecular flexibility index (Phi) is 6.48. The summed E-state index contributed by atoms with van der Waals surface area (Å²) < 4.78 is 34.2. The van der Waals surface area contributed by atoms with Gasteiger partial charge < -0.3 is 20.1 Å². The zero-order valence-corrected chi connectivity index (χ0v) is 14.2. The number of nitrogens with one attached hydrogen (secondary N) is 2. The number of rotatable bonds is 7. The van der Waals surface area contributed by atoms with Crippen molar-refractivity contribution >= 4 is 17.5 Å². The molecule has 0 atom stereocenters. The van der Waals surface area contributed by atoms with Crippen molar-refractivity contribution < 1.29 is 27.8 Å². The zero-order valence-electron chi connectivity index (χ0n) is 14.2. The van der Waals surface area contributed by atoms with Crippen molar-refractivity contribution in [3.8, 4) is 11.5 Å². The van der Waals surface area contributed by atoms with Crippen LogP contribution in [0.15, 0.2) is 42.5 Å². The Morgan fingerprint density at radius 2 is 1.88 bits per heavy atom. The van der Waals surface area contributed by atoms with Crippen molar-refractivity contribution in [2.75, 3.05) is 12.4 Å². The second-order valence-corrected chi connectivity index (χ2v) is 5.31. The molecule has 0 saturated carbocycles. The predicted molar refractivity (Wildman–Crippen MR) is 91.5 cm³/mol. The monoisotopic (exact) mass is 364 g/mol. The van der Waals surface area contributed by atoms with Crippen LogP contribution in [0.3, 0.4) is 0 Å². The van der Waals surface area contributed by atoms with Gasteiger partial charge in [-0.05, 0) is 35.9 Å². The van der Waals surface area contributed by atoms with Crippen LogP contribution < -0.4 is 20.1 Å². The van der Waals surface area contributed by atoms with E-state index >= 15 is 0 Å². The summed E-state index contributed by atoms with van der Waals surface area (Å²) in [6.45, 7) is -1.43. The van der Waals surface area contributed by atoms with Crippen molar-refractivity contribution in [3.05, 3.63) is 53.6 Å². The minimum Gasteiger partial charge on any atom is -0.493 e. The normalized spacial score (nSPS) is 10.3. The summed E-state index contributed by atoms with van der Waals surface area (Å²) in [5, 5.41) is 5.33. The molecule has 0 bridgehead atoms. The molecular formula is C18H18F2N2O4. The first kappa shape index (κ1) is 19.2. The number of carbonyl (C=O) groups is 2. The molecule has 0 fully saturated rings. The summed E-state index contributed by atoms with van der Waals surface area (Å²) in [7, 11) is 1.31. The van der Waals surface area contributed by atoms with E-state index in [1.807, 2.05) is 0 Å². The van der Waals surface area contributed by atoms with Gasteiger partial charge in [-0.1, -0.05) is 12.1 Å². The lowest BCUT2D eigenvalue weighted by Gasteiger charge is -2.12. The number of benzene rings is 2. The number of halogens is 2. The average molecular weight is 364 g/mol. The van der Waals surface area contributed by atoms with Crippen molar-refractivity contribution in [2.24, 2.45) is 0 Å². The van der Waals surface area contributed by atoms with Crippen LogP contribution in [0.4, 0.5) is 14.5 Å². The Morgan fingerprint density at radius 1 is 1.12 bits per heavy atom. The van der Waals surface area contributed by atoms with E-state index in [0.29, 0.717) is 5.69 Å². The third kappa shape index (κ3) is 5.44. The molecule has 0 aliphatic rings. The predicted octanol–water partition coefficient (Wildman–Crippen LogP) is 3.19. The fraction of sp³-hybridized carbons (Fsp3) is 0.222. The minimum absolute atomic E-state index is 0.102. The van der Waals surface area contributed by atoms with Gasteiger partial charge in [0.05, 0.1) is 7.11 Å². The van der Waals surface area contributed by atoms with E-state index in [9.17, 15) is 18.4 Å². The molecule has 2 amide bonds. The number of ether oxygens (including phenoxy) is 2. The molecule has 6 nitrogen and oxygen atoms in total. The molecule has 2 N–H and O–H groups in total. The number of amides is 2. The molecule has 0 spiro atoms. The van der Waals surface area contributed by atoms with Gasteiger partial charge >= 0.3 is 6.61 Å². The molecule has 8 heteroatoms. The Morgan fingerprint density at radius 3 is 2.54 bits per heavy atom. The highest BCUT2D eigenvalue weighted by atomic mass is 19.3. The highest BCUT2D eigenvalue weighted by molar-refractivity contribution is 5.95. The van der Waals surface area contributed by atoms with Crippen LogP contribution in [0, 0.1) is 0 Å². The molecule has 2 rings (SSSR count). The SMILES string of the molecule is COc1ccc(C(=O)NCc2cccc(NC(C)=O)c2)cc1OC(F)F. The van der Waals surface area contributed by atoms with Gasteiger partial charge in [0, 0.05) is 24.7 Å². The maximum atomic E-state index is 12.5. The van der Waals surface area contributed by atoms with E-state index in [0.717, 1.165) is 5.56 Å². The number of anilines is 1. The Hall–Kier alpha value is -3.16. The summed E-state index contributed by atoms with van der Waals surface area (Å²) in [5.41, 5.74) is 1.53. The average Bonchev–Trinajstić information content (AvgIpc) is 2.59. The zero-order chi connectivity index (χ0) is 19.1. The van der Waals surface area contributed by atoms with Crippen LogP contribution in [0.5, 0.6) is 11.5 Å². The fourth-order valence-corrected chi connectivity index (χ4v) is 2.25. The van der Waals surface area contributed by atoms with E-state index in [2.05, 4.69) is 15.4 Å². The third-order valence-corrected chi connectivity index (χ3v) is 3.34. The van der Waals surface area contributed by atoms with E-state index in [1.165, 1.54) is 32.2 Å². The smallest absolute Gasteiger partial charge is 0.387 e. The number of hydrogen-bond acceptors (Lipinski definition) is 4. The van der Waals surface area contributed by atoms with E-state index in [-0.39, 0.29) is 29.5 Å². The first-order valence-electron chi connectivity index (χ1n) is 7.66. The maximum Gasteiger partial charge on any atom is 0.387 e. The molecule has 2 aromatic carbocycles. The third-order valence-electron chi connectivity index (χ3n) is 3.34. The molecule has 0 saturated heterocycles. The molecule has 0 radical (unpaired) electrons. The van der Waals surface area contributed by atoms with Gasteiger partial charge in [0.1, 0.15) is 0 Å². The van der Waals surface area contributed by atoms with Crippen molar-refractivity contribution in [1.82, 2.24) is 5.32 Å². The van der Waals surface area contributed by atoms with Crippen LogP contribution in [-0.2, 0) is 11.3 Å². The second kappa shape index (κ2) is 8.80. The number of alkyl halides is 2. The lowest BCUT2D eigenvalue weighted by molar-refractivity contribution is -0.114. The van der Waals surface area contributed by atoms with Gasteiger partial charge in [-0.3, -0.25) is 9.59 Å². The molecule has 2 aromatic rings. The summed E-state index contributed by atoms with van der Waals surface area (Å²) in [5.74, 6) is -0.777. The van der Waals surface area contributed by atoms with Gasteiger partial charge in [-0.2, -0.15) is 8.78 Å². The summed E-state index contributed by atoms with van der Waals surface area (Å²) in [6.07, 6.45) is 0. The summed E-state index contributed by atoms with van der Waals surface area (Å²) in [6, 6.07) is 11.0. The highest BCUT2D eigenvalue weighted by Crippen LogP contribution is 2.29. The Balaban J connectivity index is 2.07. The molecule has 26 heavy (non-hydrogen) atoms. The number of hydrogen-bond donors (Lipinski definition) is 2. The second-order valence-electron chi connectivity index (χ2n) is 5.31. The van der Waals surface area contributed by atoms with E-state index in [4.69, 9.17) is 4.74 Å². The molecule has 0 heterocycles. The maximum absolute atomic E-state index is 12.5. The first-order valence-corrected chi connectivity index (χ1v) is 7.66. The van der Waals surface area contributed by atoms with Gasteiger partial charge in [-0.15, -0.1) is 0 Å². The van der Waals surface area contributed by atoms with Gasteiger partial charge in [0.2, 0.25) is 5.91 Å². The minimum atomic E-state index is -3.03. The van der Waals surface area contributed by atoms with Gasteiger partial charge in [-0.25, -0.2) is 0 Å². The van der Waals surface area contributed by atoms with Crippen molar-refractivity contribution in [2.45, 2.75) is 20.1 Å². The molecule has 0 aliphatic heterocycles. The quantitative estimate of drug-likeness (QED) is 0.791. The fourth-order valence-electron chi connectivity index (χ4n) is 2.25. The van der Waals surface area contributed by atoms with Crippen molar-refractivity contribution in [3.63, 3.8) is 0 Å². The summed E-state index contributed by atoms with van der Waals surface area (Å²) in [4.78, 5) is 23.3. The molecule has 0 aromatic heterocycles. The van der Waals surface area contributed by atoms with Crippen LogP contribution in [-0.4, -0.2) is 25.5 Å². The molecule has 0 unspecified atom stereocenters. The van der Waals surface area contributed by atoms with Gasteiger partial charge in [0.25, 0.3) is 5.91 Å². The summed E-state index contributed by atoms with van der Waals surface area (Å²) >= 11 is 0. The van der Waals surface area contributed by atoms with Crippen LogP contribution in [0.1, 0.15) is 22.8 Å². The molecule has 0 aliphatic carbocycles. The number of methoxy groups -OCH3 is 1. The highest BCUT2D eigenvalue weighted by Gasteiger charge is 2.14. The standard InChI is InChI=1S/C18H18F2N2O4/c1-11(23)22-14-5-3-4-12(8-14)10-21-17(24)13-6-7-15(25-2)16(9-13)26-18(19)20/h3-9,18H,10H2,1-2H3,(H,21,24)(H,22,23).